The number of aromatic nitrogens is 3. The van der Waals surface area contributed by atoms with Crippen molar-refractivity contribution in [3.63, 3.8) is 0 Å². The highest BCUT2D eigenvalue weighted by atomic mass is 32.1. The van der Waals surface area contributed by atoms with Gasteiger partial charge in [-0.05, 0) is 26.0 Å². The van der Waals surface area contributed by atoms with Crippen LogP contribution >= 0.6 is 11.3 Å². The van der Waals surface area contributed by atoms with Crippen LogP contribution in [0, 0.1) is 0 Å². The molecule has 0 aliphatic rings. The molecule has 1 N–H and O–H groups in total. The molecule has 5 heteroatoms. The summed E-state index contributed by atoms with van der Waals surface area (Å²) in [7, 11) is 0. The first-order valence-corrected chi connectivity index (χ1v) is 5.63. The third kappa shape index (κ3) is 2.50. The summed E-state index contributed by atoms with van der Waals surface area (Å²) in [6.45, 7) is 4.20. The fourth-order valence-corrected chi connectivity index (χ4v) is 1.78. The molecule has 0 saturated heterocycles. The first-order chi connectivity index (χ1) is 7.25. The zero-order valence-electron chi connectivity index (χ0n) is 8.64. The second-order valence-electron chi connectivity index (χ2n) is 3.47. The number of hydrogen-bond donors (Lipinski definition) is 1. The lowest BCUT2D eigenvalue weighted by Gasteiger charge is -2.09. The molecular weight excluding hydrogens is 208 g/mol. The molecule has 78 valence electrons. The standard InChI is InChI=1S/C10H12N4S/c1-7(2)13-8-3-4-11-9(5-8)10-14-12-6-15-10/h3-7H,1-2H3,(H,11,13). The maximum absolute atomic E-state index is 4.26. The van der Waals surface area contributed by atoms with E-state index in [0.29, 0.717) is 6.04 Å². The van der Waals surface area contributed by atoms with Crippen LogP contribution in [-0.4, -0.2) is 21.2 Å². The minimum Gasteiger partial charge on any atom is -0.383 e. The van der Waals surface area contributed by atoms with Crippen molar-refractivity contribution in [2.75, 3.05) is 5.32 Å². The van der Waals surface area contributed by atoms with E-state index >= 15 is 0 Å². The molecule has 0 bridgehead atoms. The van der Waals surface area contributed by atoms with Gasteiger partial charge in [-0.15, -0.1) is 10.2 Å². The van der Waals surface area contributed by atoms with Crippen molar-refractivity contribution in [3.8, 4) is 10.7 Å². The van der Waals surface area contributed by atoms with Crippen LogP contribution in [0.15, 0.2) is 23.8 Å². The van der Waals surface area contributed by atoms with E-state index in [1.54, 1.807) is 11.7 Å². The van der Waals surface area contributed by atoms with Crippen LogP contribution in [0.25, 0.3) is 10.7 Å². The molecule has 0 aliphatic heterocycles. The zero-order chi connectivity index (χ0) is 10.7. The second-order valence-corrected chi connectivity index (χ2v) is 4.31. The first kappa shape index (κ1) is 10.0. The Bertz CT molecular complexity index is 425. The number of hydrogen-bond acceptors (Lipinski definition) is 5. The summed E-state index contributed by atoms with van der Waals surface area (Å²) < 4.78 is 0. The molecule has 0 spiro atoms. The van der Waals surface area contributed by atoms with E-state index in [2.05, 4.69) is 34.3 Å². The van der Waals surface area contributed by atoms with Crippen LogP contribution in [0.5, 0.6) is 0 Å². The van der Waals surface area contributed by atoms with E-state index in [0.717, 1.165) is 16.4 Å². The van der Waals surface area contributed by atoms with Crippen molar-refractivity contribution in [1.82, 2.24) is 15.2 Å². The molecule has 0 radical (unpaired) electrons. The Kier molecular flexibility index (Phi) is 2.91. The molecule has 0 atom stereocenters. The van der Waals surface area contributed by atoms with E-state index in [9.17, 15) is 0 Å². The third-order valence-electron chi connectivity index (χ3n) is 1.79. The minimum absolute atomic E-state index is 0.412. The van der Waals surface area contributed by atoms with Gasteiger partial charge in [-0.25, -0.2) is 0 Å². The largest absolute Gasteiger partial charge is 0.383 e. The van der Waals surface area contributed by atoms with Gasteiger partial charge in [-0.1, -0.05) is 11.3 Å². The number of nitrogens with one attached hydrogen (secondary N) is 1. The van der Waals surface area contributed by atoms with Gasteiger partial charge in [0.2, 0.25) is 0 Å². The molecule has 15 heavy (non-hydrogen) atoms. The molecule has 0 saturated carbocycles. The van der Waals surface area contributed by atoms with Crippen molar-refractivity contribution in [3.05, 3.63) is 23.8 Å². The molecule has 4 nitrogen and oxygen atoms in total. The van der Waals surface area contributed by atoms with E-state index in [1.165, 1.54) is 11.3 Å². The highest BCUT2D eigenvalue weighted by molar-refractivity contribution is 7.12. The molecular formula is C10H12N4S. The minimum atomic E-state index is 0.412. The van der Waals surface area contributed by atoms with E-state index in [1.807, 2.05) is 12.1 Å². The Morgan fingerprint density at radius 2 is 2.27 bits per heavy atom. The fourth-order valence-electron chi connectivity index (χ4n) is 1.26. The van der Waals surface area contributed by atoms with Gasteiger partial charge in [-0.3, -0.25) is 4.98 Å². The molecule has 0 aromatic carbocycles. The normalized spacial score (nSPS) is 10.6. The number of anilines is 1. The quantitative estimate of drug-likeness (QED) is 0.863. The molecule has 0 aliphatic carbocycles. The molecule has 2 aromatic rings. The summed E-state index contributed by atoms with van der Waals surface area (Å²) in [5.74, 6) is 0. The van der Waals surface area contributed by atoms with Crippen LogP contribution in [0.3, 0.4) is 0 Å². The summed E-state index contributed by atoms with van der Waals surface area (Å²) in [6, 6.07) is 4.35. The summed E-state index contributed by atoms with van der Waals surface area (Å²) in [4.78, 5) is 4.26. The average molecular weight is 220 g/mol. The number of rotatable bonds is 3. The number of nitrogens with zero attached hydrogens (tertiary/aromatic N) is 3. The molecule has 0 amide bonds. The van der Waals surface area contributed by atoms with Gasteiger partial charge in [0.15, 0.2) is 5.01 Å². The van der Waals surface area contributed by atoms with Crippen LogP contribution in [0.4, 0.5) is 5.69 Å². The summed E-state index contributed by atoms with van der Waals surface area (Å²) in [5, 5.41) is 12.0. The monoisotopic (exact) mass is 220 g/mol. The topological polar surface area (TPSA) is 50.7 Å². The average Bonchev–Trinajstić information content (AvgIpc) is 2.69. The summed E-state index contributed by atoms with van der Waals surface area (Å²) >= 11 is 1.49. The van der Waals surface area contributed by atoms with Crippen molar-refractivity contribution < 1.29 is 0 Å². The van der Waals surface area contributed by atoms with Gasteiger partial charge < -0.3 is 5.32 Å². The maximum atomic E-state index is 4.26. The van der Waals surface area contributed by atoms with E-state index < -0.39 is 0 Å². The maximum Gasteiger partial charge on any atom is 0.166 e. The Hall–Kier alpha value is -1.49. The molecule has 0 fully saturated rings. The second kappa shape index (κ2) is 4.35. The Labute approximate surface area is 92.4 Å². The highest BCUT2D eigenvalue weighted by Crippen LogP contribution is 2.21. The molecule has 2 rings (SSSR count). The lowest BCUT2D eigenvalue weighted by Crippen LogP contribution is -2.09. The SMILES string of the molecule is CC(C)Nc1ccnc(-c2nncs2)c1. The van der Waals surface area contributed by atoms with E-state index in [4.69, 9.17) is 0 Å². The summed E-state index contributed by atoms with van der Waals surface area (Å²) in [6.07, 6.45) is 1.78. The Balaban J connectivity index is 2.27. The summed E-state index contributed by atoms with van der Waals surface area (Å²) in [5.41, 5.74) is 3.63. The molecule has 0 unspecified atom stereocenters. The van der Waals surface area contributed by atoms with Gasteiger partial charge in [0.05, 0.1) is 0 Å². The van der Waals surface area contributed by atoms with Crippen molar-refractivity contribution in [1.29, 1.82) is 0 Å². The molecule has 2 heterocycles. The Morgan fingerprint density at radius 3 is 2.93 bits per heavy atom. The van der Waals surface area contributed by atoms with Crippen molar-refractivity contribution in [2.24, 2.45) is 0 Å². The van der Waals surface area contributed by atoms with Gasteiger partial charge in [0.25, 0.3) is 0 Å². The smallest absolute Gasteiger partial charge is 0.166 e. The first-order valence-electron chi connectivity index (χ1n) is 4.75. The van der Waals surface area contributed by atoms with Crippen LogP contribution < -0.4 is 5.32 Å². The van der Waals surface area contributed by atoms with Crippen LogP contribution in [0.1, 0.15) is 13.8 Å². The lowest BCUT2D eigenvalue weighted by atomic mass is 10.3. The van der Waals surface area contributed by atoms with E-state index in [-0.39, 0.29) is 0 Å². The highest BCUT2D eigenvalue weighted by Gasteiger charge is 2.04. The predicted molar refractivity (Wildman–Crippen MR) is 61.9 cm³/mol. The van der Waals surface area contributed by atoms with Gasteiger partial charge >= 0.3 is 0 Å². The van der Waals surface area contributed by atoms with Crippen molar-refractivity contribution >= 4 is 17.0 Å². The van der Waals surface area contributed by atoms with Gasteiger partial charge in [0.1, 0.15) is 11.2 Å². The number of pyridine rings is 1. The molecule has 2 aromatic heterocycles. The predicted octanol–water partition coefficient (Wildman–Crippen LogP) is 2.42. The third-order valence-corrected chi connectivity index (χ3v) is 2.51. The van der Waals surface area contributed by atoms with Crippen LogP contribution in [-0.2, 0) is 0 Å². The van der Waals surface area contributed by atoms with Gasteiger partial charge in [0, 0.05) is 17.9 Å². The fraction of sp³-hybridized carbons (Fsp3) is 0.300. The Morgan fingerprint density at radius 1 is 1.40 bits per heavy atom. The zero-order valence-corrected chi connectivity index (χ0v) is 9.45. The van der Waals surface area contributed by atoms with Gasteiger partial charge in [-0.2, -0.15) is 0 Å². The van der Waals surface area contributed by atoms with Crippen molar-refractivity contribution in [2.45, 2.75) is 19.9 Å². The van der Waals surface area contributed by atoms with Crippen LogP contribution in [0.2, 0.25) is 0 Å². The lowest BCUT2D eigenvalue weighted by molar-refractivity contribution is 0.899.